The molecule has 20 heavy (non-hydrogen) atoms. The Morgan fingerprint density at radius 2 is 2.55 bits per heavy atom. The molecule has 112 valence electrons. The van der Waals surface area contributed by atoms with Gasteiger partial charge in [0, 0.05) is 38.9 Å². The number of nitrogens with two attached hydrogens (primary N) is 1. The molecule has 1 fully saturated rings. The van der Waals surface area contributed by atoms with Gasteiger partial charge in [0.25, 0.3) is 0 Å². The first kappa shape index (κ1) is 17.0. The van der Waals surface area contributed by atoms with E-state index < -0.39 is 0 Å². The van der Waals surface area contributed by atoms with Crippen LogP contribution >= 0.6 is 24.0 Å². The van der Waals surface area contributed by atoms with E-state index in [0.717, 1.165) is 18.7 Å². The molecule has 0 aromatic carbocycles. The van der Waals surface area contributed by atoms with Crippen molar-refractivity contribution in [3.05, 3.63) is 30.6 Å². The summed E-state index contributed by atoms with van der Waals surface area (Å²) in [5.41, 5.74) is 6.86. The quantitative estimate of drug-likeness (QED) is 0.342. The minimum Gasteiger partial charge on any atom is -0.372 e. The average Bonchev–Trinajstić information content (AvgIpc) is 3.01. The third-order valence-corrected chi connectivity index (χ3v) is 3.29. The van der Waals surface area contributed by atoms with Crippen molar-refractivity contribution >= 4 is 29.9 Å². The third-order valence-electron chi connectivity index (χ3n) is 3.29. The van der Waals surface area contributed by atoms with Gasteiger partial charge in [-0.3, -0.25) is 9.67 Å². The minimum atomic E-state index is 0. The van der Waals surface area contributed by atoms with E-state index in [1.807, 2.05) is 17.8 Å². The van der Waals surface area contributed by atoms with Crippen molar-refractivity contribution in [2.24, 2.45) is 23.7 Å². The predicted octanol–water partition coefficient (Wildman–Crippen LogP) is 1.21. The molecule has 0 bridgehead atoms. The predicted molar refractivity (Wildman–Crippen MR) is 90.1 cm³/mol. The number of aliphatic imine (C=N–C) groups is 1. The van der Waals surface area contributed by atoms with E-state index >= 15 is 0 Å². The summed E-state index contributed by atoms with van der Waals surface area (Å²) in [4.78, 5) is 4.36. The summed E-state index contributed by atoms with van der Waals surface area (Å²) in [5, 5.41) is 7.15. The molecule has 0 unspecified atom stereocenters. The van der Waals surface area contributed by atoms with Crippen LogP contribution in [0.4, 0.5) is 0 Å². The van der Waals surface area contributed by atoms with Crippen molar-refractivity contribution in [1.82, 2.24) is 15.1 Å². The number of nitrogens with zero attached hydrogens (tertiary/aromatic N) is 3. The number of aromatic nitrogens is 2. The van der Waals surface area contributed by atoms with Gasteiger partial charge in [-0.15, -0.1) is 30.6 Å². The highest BCUT2D eigenvalue weighted by Gasteiger charge is 2.31. The van der Waals surface area contributed by atoms with Crippen molar-refractivity contribution in [2.45, 2.75) is 12.5 Å². The summed E-state index contributed by atoms with van der Waals surface area (Å²) in [6.07, 6.45) is 4.59. The zero-order chi connectivity index (χ0) is 13.7. The van der Waals surface area contributed by atoms with Gasteiger partial charge in [-0.1, -0.05) is 6.08 Å². The van der Waals surface area contributed by atoms with Gasteiger partial charge in [0.15, 0.2) is 5.96 Å². The Bertz CT molecular complexity index is 459. The summed E-state index contributed by atoms with van der Waals surface area (Å²) in [5.74, 6) is 0.801. The molecular formula is C13H22IN5O. The van der Waals surface area contributed by atoms with Crippen LogP contribution in [-0.2, 0) is 11.8 Å². The largest absolute Gasteiger partial charge is 0.372 e. The Kier molecular flexibility index (Phi) is 7.00. The second-order valence-corrected chi connectivity index (χ2v) is 4.62. The molecule has 7 heteroatoms. The monoisotopic (exact) mass is 391 g/mol. The van der Waals surface area contributed by atoms with Crippen molar-refractivity contribution < 1.29 is 4.74 Å². The second kappa shape index (κ2) is 8.25. The number of halogens is 1. The van der Waals surface area contributed by atoms with Crippen LogP contribution in [0.15, 0.2) is 29.9 Å². The second-order valence-electron chi connectivity index (χ2n) is 4.62. The van der Waals surface area contributed by atoms with E-state index in [-0.39, 0.29) is 30.1 Å². The number of hydrogen-bond acceptors (Lipinski definition) is 3. The number of guanidine groups is 1. The van der Waals surface area contributed by atoms with Gasteiger partial charge < -0.3 is 15.8 Å². The maximum Gasteiger partial charge on any atom is 0.188 e. The first-order valence-corrected chi connectivity index (χ1v) is 6.46. The molecule has 3 N–H and O–H groups in total. The summed E-state index contributed by atoms with van der Waals surface area (Å²) in [7, 11) is 1.93. The molecule has 0 radical (unpaired) electrons. The van der Waals surface area contributed by atoms with Gasteiger partial charge >= 0.3 is 0 Å². The molecule has 0 spiro atoms. The average molecular weight is 391 g/mol. The highest BCUT2D eigenvalue weighted by Crippen LogP contribution is 2.34. The minimum absolute atomic E-state index is 0. The van der Waals surface area contributed by atoms with Gasteiger partial charge in [-0.25, -0.2) is 0 Å². The summed E-state index contributed by atoms with van der Waals surface area (Å²) >= 11 is 0. The fourth-order valence-corrected chi connectivity index (χ4v) is 2.26. The lowest BCUT2D eigenvalue weighted by Crippen LogP contribution is -2.32. The Hall–Kier alpha value is -1.09. The molecule has 0 aliphatic carbocycles. The SMILES string of the molecule is C=CCNC(N)=NC[C@@H]1CCO[C@H]1c1ccnn1C.I. The van der Waals surface area contributed by atoms with Gasteiger partial charge in [0.2, 0.25) is 0 Å². The normalized spacial score (nSPS) is 22.4. The molecule has 0 saturated carbocycles. The number of ether oxygens (including phenoxy) is 1. The highest BCUT2D eigenvalue weighted by atomic mass is 127. The number of hydrogen-bond donors (Lipinski definition) is 2. The zero-order valence-electron chi connectivity index (χ0n) is 11.7. The van der Waals surface area contributed by atoms with Crippen LogP contribution in [0.1, 0.15) is 18.2 Å². The maximum atomic E-state index is 5.80. The van der Waals surface area contributed by atoms with Crippen LogP contribution in [-0.4, -0.2) is 35.4 Å². The maximum absolute atomic E-state index is 5.80. The lowest BCUT2D eigenvalue weighted by Gasteiger charge is -2.17. The van der Waals surface area contributed by atoms with Crippen LogP contribution in [0.2, 0.25) is 0 Å². The molecule has 1 aromatic rings. The summed E-state index contributed by atoms with van der Waals surface area (Å²) in [6, 6.07) is 1.99. The Labute approximate surface area is 136 Å². The van der Waals surface area contributed by atoms with Gasteiger partial charge in [-0.05, 0) is 12.5 Å². The molecule has 1 saturated heterocycles. The molecule has 1 aliphatic heterocycles. The van der Waals surface area contributed by atoms with E-state index in [1.54, 1.807) is 12.3 Å². The topological polar surface area (TPSA) is 77.5 Å². The molecule has 1 aromatic heterocycles. The summed E-state index contributed by atoms with van der Waals surface area (Å²) < 4.78 is 7.65. The van der Waals surface area contributed by atoms with E-state index in [1.165, 1.54) is 0 Å². The van der Waals surface area contributed by atoms with Crippen LogP contribution < -0.4 is 11.1 Å². The number of aryl methyl sites for hydroxylation is 1. The van der Waals surface area contributed by atoms with E-state index in [4.69, 9.17) is 10.5 Å². The number of rotatable bonds is 5. The smallest absolute Gasteiger partial charge is 0.188 e. The van der Waals surface area contributed by atoms with Crippen molar-refractivity contribution in [2.75, 3.05) is 19.7 Å². The van der Waals surface area contributed by atoms with Crippen molar-refractivity contribution in [3.8, 4) is 0 Å². The highest BCUT2D eigenvalue weighted by molar-refractivity contribution is 14.0. The molecule has 1 aliphatic rings. The van der Waals surface area contributed by atoms with E-state index in [2.05, 4.69) is 22.0 Å². The summed E-state index contributed by atoms with van der Waals surface area (Å²) in [6.45, 7) is 5.67. The fourth-order valence-electron chi connectivity index (χ4n) is 2.26. The number of nitrogens with one attached hydrogen (secondary N) is 1. The van der Waals surface area contributed by atoms with Crippen molar-refractivity contribution in [3.63, 3.8) is 0 Å². The van der Waals surface area contributed by atoms with E-state index in [9.17, 15) is 0 Å². The van der Waals surface area contributed by atoms with Crippen molar-refractivity contribution in [1.29, 1.82) is 0 Å². The Balaban J connectivity index is 0.00000200. The van der Waals surface area contributed by atoms with E-state index in [0.29, 0.717) is 25.0 Å². The van der Waals surface area contributed by atoms with Gasteiger partial charge in [0.05, 0.1) is 5.69 Å². The molecule has 2 atom stereocenters. The standard InChI is InChI=1S/C13H21N5O.HI/c1-3-6-15-13(14)16-9-10-5-8-19-12(10)11-4-7-17-18(11)2;/h3-4,7,10,12H,1,5-6,8-9H2,2H3,(H3,14,15,16);1H/t10-,12+;/m0./s1. The molecule has 2 rings (SSSR count). The molecule has 6 nitrogen and oxygen atoms in total. The fraction of sp³-hybridized carbons (Fsp3) is 0.538. The van der Waals surface area contributed by atoms with Gasteiger partial charge in [0.1, 0.15) is 6.10 Å². The lowest BCUT2D eigenvalue weighted by molar-refractivity contribution is 0.0859. The molecule has 0 amide bonds. The van der Waals surface area contributed by atoms with Gasteiger partial charge in [-0.2, -0.15) is 5.10 Å². The zero-order valence-corrected chi connectivity index (χ0v) is 14.0. The lowest BCUT2D eigenvalue weighted by atomic mass is 9.99. The molecular weight excluding hydrogens is 369 g/mol. The van der Waals surface area contributed by atoms with Crippen LogP contribution in [0, 0.1) is 5.92 Å². The van der Waals surface area contributed by atoms with Crippen LogP contribution in [0.25, 0.3) is 0 Å². The van der Waals surface area contributed by atoms with Crippen LogP contribution in [0.3, 0.4) is 0 Å². The third kappa shape index (κ3) is 4.20. The Morgan fingerprint density at radius 3 is 3.20 bits per heavy atom. The van der Waals surface area contributed by atoms with Crippen LogP contribution in [0.5, 0.6) is 0 Å². The first-order valence-electron chi connectivity index (χ1n) is 6.46. The molecule has 2 heterocycles. The first-order chi connectivity index (χ1) is 9.22. The Morgan fingerprint density at radius 1 is 1.75 bits per heavy atom.